The van der Waals surface area contributed by atoms with Crippen LogP contribution in [0.25, 0.3) is 0 Å². The fourth-order valence-electron chi connectivity index (χ4n) is 1.05. The summed E-state index contributed by atoms with van der Waals surface area (Å²) >= 11 is -0.747. The number of nitro benzene ring substituents is 2. The number of benzene rings is 1. The Morgan fingerprint density at radius 3 is 1.78 bits per heavy atom. The molecule has 0 amide bonds. The van der Waals surface area contributed by atoms with Crippen LogP contribution in [0.3, 0.4) is 0 Å². The number of phenolic OH excluding ortho intramolecular Hbond substituents is 1. The molecule has 7 nitrogen and oxygen atoms in total. The zero-order valence-electron chi connectivity index (χ0n) is 8.17. The third kappa shape index (κ3) is 3.23. The number of aromatic hydroxyl groups is 1. The number of alkyl halides is 3. The largest absolute Gasteiger partial charge is 0.497 e. The van der Waals surface area contributed by atoms with Crippen LogP contribution in [-0.4, -0.2) is 20.5 Å². The molecule has 0 radical (unpaired) electrons. The Balaban J connectivity index is 3.38. The molecule has 0 fully saturated rings. The number of hydrogen-bond donors (Lipinski definition) is 1. The minimum Gasteiger partial charge on any atom is -0.497 e. The summed E-state index contributed by atoms with van der Waals surface area (Å²) in [5.41, 5.74) is -7.06. The second-order valence-corrected chi connectivity index (χ2v) is 4.01. The van der Waals surface area contributed by atoms with Gasteiger partial charge in [-0.1, -0.05) is 0 Å². The van der Waals surface area contributed by atoms with E-state index in [0.717, 1.165) is 0 Å². The Kier molecular flexibility index (Phi) is 3.65. The second-order valence-electron chi connectivity index (χ2n) is 2.87. The summed E-state index contributed by atoms with van der Waals surface area (Å²) in [6, 6.07) is 0.834. The lowest BCUT2D eigenvalue weighted by Gasteiger charge is -2.06. The molecule has 0 unspecified atom stereocenters. The van der Waals surface area contributed by atoms with E-state index in [1.807, 2.05) is 0 Å². The Bertz CT molecular complexity index is 483. The van der Waals surface area contributed by atoms with Crippen molar-refractivity contribution in [3.05, 3.63) is 32.4 Å². The standard InChI is InChI=1S/C7H3F3N2O5S/c8-7(9,10)18-3-1-4(11(14)15)6(13)5(2-3)12(16)17/h1-2,13H. The summed E-state index contributed by atoms with van der Waals surface area (Å²) in [5, 5.41) is 30.1. The summed E-state index contributed by atoms with van der Waals surface area (Å²) in [6.45, 7) is 0. The first kappa shape index (κ1) is 14.0. The molecule has 1 aromatic carbocycles. The number of thioether (sulfide) groups is 1. The van der Waals surface area contributed by atoms with E-state index in [1.54, 1.807) is 0 Å². The molecule has 0 saturated heterocycles. The highest BCUT2D eigenvalue weighted by Gasteiger charge is 2.33. The summed E-state index contributed by atoms with van der Waals surface area (Å²) in [6.07, 6.45) is 0. The smallest absolute Gasteiger partial charge is 0.446 e. The van der Waals surface area contributed by atoms with Gasteiger partial charge >= 0.3 is 16.9 Å². The van der Waals surface area contributed by atoms with Crippen molar-refractivity contribution in [3.63, 3.8) is 0 Å². The van der Waals surface area contributed by atoms with Crippen LogP contribution in [0.1, 0.15) is 0 Å². The van der Waals surface area contributed by atoms with E-state index < -0.39 is 49.1 Å². The second kappa shape index (κ2) is 4.68. The number of rotatable bonds is 3. The van der Waals surface area contributed by atoms with Crippen LogP contribution in [-0.2, 0) is 0 Å². The highest BCUT2D eigenvalue weighted by molar-refractivity contribution is 8.00. The van der Waals surface area contributed by atoms with Gasteiger partial charge in [-0.2, -0.15) is 13.2 Å². The van der Waals surface area contributed by atoms with Gasteiger partial charge in [-0.05, 0) is 11.8 Å². The summed E-state index contributed by atoms with van der Waals surface area (Å²) in [4.78, 5) is 17.7. The maximum atomic E-state index is 12.1. The molecule has 1 N–H and O–H groups in total. The fraction of sp³-hybridized carbons (Fsp3) is 0.143. The van der Waals surface area contributed by atoms with Crippen molar-refractivity contribution in [1.82, 2.24) is 0 Å². The zero-order valence-corrected chi connectivity index (χ0v) is 8.99. The molecule has 0 saturated carbocycles. The lowest BCUT2D eigenvalue weighted by atomic mass is 10.2. The normalized spacial score (nSPS) is 11.3. The van der Waals surface area contributed by atoms with Gasteiger partial charge in [-0.3, -0.25) is 20.2 Å². The predicted molar refractivity (Wildman–Crippen MR) is 53.3 cm³/mol. The van der Waals surface area contributed by atoms with E-state index in [1.165, 1.54) is 0 Å². The van der Waals surface area contributed by atoms with Gasteiger partial charge in [0.2, 0.25) is 0 Å². The molecule has 0 aliphatic carbocycles. The van der Waals surface area contributed by atoms with E-state index in [9.17, 15) is 38.5 Å². The van der Waals surface area contributed by atoms with Crippen LogP contribution in [0.4, 0.5) is 24.5 Å². The molecule has 0 aliphatic heterocycles. The van der Waals surface area contributed by atoms with Gasteiger partial charge in [0.15, 0.2) is 0 Å². The molecule has 0 bridgehead atoms. The van der Waals surface area contributed by atoms with Crippen molar-refractivity contribution in [3.8, 4) is 5.75 Å². The average Bonchev–Trinajstić information content (AvgIpc) is 2.17. The fourth-order valence-corrected chi connectivity index (χ4v) is 1.66. The van der Waals surface area contributed by atoms with E-state index in [4.69, 9.17) is 0 Å². The first-order valence-corrected chi connectivity index (χ1v) is 4.85. The molecular weight excluding hydrogens is 281 g/mol. The molecule has 0 aliphatic rings. The maximum Gasteiger partial charge on any atom is 0.446 e. The lowest BCUT2D eigenvalue weighted by molar-refractivity contribution is -0.396. The summed E-state index contributed by atoms with van der Waals surface area (Å²) in [7, 11) is 0. The number of nitro groups is 2. The van der Waals surface area contributed by atoms with Crippen LogP contribution in [0.5, 0.6) is 5.75 Å². The summed E-state index contributed by atoms with van der Waals surface area (Å²) in [5.74, 6) is -1.28. The van der Waals surface area contributed by atoms with E-state index in [-0.39, 0.29) is 0 Å². The van der Waals surface area contributed by atoms with E-state index in [2.05, 4.69) is 0 Å². The molecular formula is C7H3F3N2O5S. The lowest BCUT2D eigenvalue weighted by Crippen LogP contribution is -2.01. The highest BCUT2D eigenvalue weighted by Crippen LogP contribution is 2.44. The van der Waals surface area contributed by atoms with Crippen LogP contribution < -0.4 is 0 Å². The van der Waals surface area contributed by atoms with Crippen LogP contribution >= 0.6 is 11.8 Å². The minimum absolute atomic E-state index is 0.417. The molecule has 0 heterocycles. The molecule has 0 aromatic heterocycles. The third-order valence-corrected chi connectivity index (χ3v) is 2.37. The molecule has 1 rings (SSSR count). The van der Waals surface area contributed by atoms with Gasteiger partial charge in [0.25, 0.3) is 5.75 Å². The third-order valence-electron chi connectivity index (χ3n) is 1.67. The van der Waals surface area contributed by atoms with E-state index in [0.29, 0.717) is 12.1 Å². The monoisotopic (exact) mass is 284 g/mol. The van der Waals surface area contributed by atoms with Gasteiger partial charge in [0.1, 0.15) is 0 Å². The van der Waals surface area contributed by atoms with Gasteiger partial charge in [-0.25, -0.2) is 0 Å². The zero-order chi connectivity index (χ0) is 14.1. The number of hydrogen-bond acceptors (Lipinski definition) is 6. The molecule has 0 atom stereocenters. The minimum atomic E-state index is -4.75. The van der Waals surface area contributed by atoms with Crippen molar-refractivity contribution in [1.29, 1.82) is 0 Å². The molecule has 11 heteroatoms. The average molecular weight is 284 g/mol. The van der Waals surface area contributed by atoms with Crippen molar-refractivity contribution >= 4 is 23.1 Å². The number of phenols is 1. The molecule has 0 spiro atoms. The van der Waals surface area contributed by atoms with E-state index >= 15 is 0 Å². The van der Waals surface area contributed by atoms with Gasteiger partial charge in [-0.15, -0.1) is 0 Å². The van der Waals surface area contributed by atoms with Crippen LogP contribution in [0.15, 0.2) is 17.0 Å². The van der Waals surface area contributed by atoms with Crippen LogP contribution in [0.2, 0.25) is 0 Å². The van der Waals surface area contributed by atoms with Crippen LogP contribution in [0, 0.1) is 20.2 Å². The Morgan fingerprint density at radius 2 is 1.50 bits per heavy atom. The number of nitrogens with zero attached hydrogens (tertiary/aromatic N) is 2. The highest BCUT2D eigenvalue weighted by atomic mass is 32.2. The maximum absolute atomic E-state index is 12.1. The van der Waals surface area contributed by atoms with Crippen molar-refractivity contribution in [2.75, 3.05) is 0 Å². The topological polar surface area (TPSA) is 107 Å². The predicted octanol–water partition coefficient (Wildman–Crippen LogP) is 2.82. The summed E-state index contributed by atoms with van der Waals surface area (Å²) < 4.78 is 36.2. The van der Waals surface area contributed by atoms with Gasteiger partial charge in [0.05, 0.1) is 9.85 Å². The molecule has 98 valence electrons. The Morgan fingerprint density at radius 1 is 1.11 bits per heavy atom. The molecule has 1 aromatic rings. The quantitative estimate of drug-likeness (QED) is 0.519. The van der Waals surface area contributed by atoms with Gasteiger partial charge in [0, 0.05) is 17.0 Å². The molecule has 18 heavy (non-hydrogen) atoms. The first-order valence-electron chi connectivity index (χ1n) is 4.03. The van der Waals surface area contributed by atoms with Crippen molar-refractivity contribution < 1.29 is 28.1 Å². The van der Waals surface area contributed by atoms with Crippen molar-refractivity contribution in [2.45, 2.75) is 10.4 Å². The Labute approximate surface area is 101 Å². The number of halogens is 3. The van der Waals surface area contributed by atoms with Gasteiger partial charge < -0.3 is 5.11 Å². The first-order chi connectivity index (χ1) is 8.11. The van der Waals surface area contributed by atoms with Crippen molar-refractivity contribution in [2.24, 2.45) is 0 Å². The SMILES string of the molecule is O=[N+]([O-])c1cc(SC(F)(F)F)cc([N+](=O)[O-])c1O. The Hall–Kier alpha value is -2.04.